The van der Waals surface area contributed by atoms with Gasteiger partial charge in [-0.2, -0.15) is 10.4 Å². The van der Waals surface area contributed by atoms with Crippen LogP contribution in [0, 0.1) is 18.3 Å². The Morgan fingerprint density at radius 1 is 1.64 bits per heavy atom. The molecule has 0 saturated heterocycles. The molecule has 0 unspecified atom stereocenters. The van der Waals surface area contributed by atoms with Crippen molar-refractivity contribution in [1.29, 1.82) is 5.26 Å². The number of aromatic nitrogens is 2. The zero-order valence-corrected chi connectivity index (χ0v) is 8.75. The summed E-state index contributed by atoms with van der Waals surface area (Å²) < 4.78 is 1.87. The molecule has 0 spiro atoms. The average Bonchev–Trinajstić information content (AvgIpc) is 2.49. The number of hydrogen-bond acceptors (Lipinski definition) is 3. The number of rotatable bonds is 5. The van der Waals surface area contributed by atoms with Crippen LogP contribution in [0.3, 0.4) is 0 Å². The maximum atomic E-state index is 8.34. The molecule has 0 aromatic carbocycles. The van der Waals surface area contributed by atoms with Crippen LogP contribution in [-0.2, 0) is 13.6 Å². The van der Waals surface area contributed by atoms with Gasteiger partial charge in [0, 0.05) is 31.3 Å². The highest BCUT2D eigenvalue weighted by molar-refractivity contribution is 5.15. The van der Waals surface area contributed by atoms with Crippen LogP contribution in [0.5, 0.6) is 0 Å². The third-order valence-corrected chi connectivity index (χ3v) is 2.29. The van der Waals surface area contributed by atoms with Crippen LogP contribution in [0.25, 0.3) is 0 Å². The van der Waals surface area contributed by atoms with E-state index in [4.69, 9.17) is 5.26 Å². The van der Waals surface area contributed by atoms with Crippen molar-refractivity contribution < 1.29 is 0 Å². The Kier molecular flexibility index (Phi) is 4.14. The lowest BCUT2D eigenvalue weighted by Gasteiger charge is -2.02. The van der Waals surface area contributed by atoms with Crippen molar-refractivity contribution in [2.24, 2.45) is 7.05 Å². The third kappa shape index (κ3) is 2.86. The SMILES string of the molecule is Cc1c(CNCCCC#N)cnn1C. The van der Waals surface area contributed by atoms with Gasteiger partial charge in [-0.25, -0.2) is 0 Å². The Balaban J connectivity index is 2.25. The molecule has 1 heterocycles. The monoisotopic (exact) mass is 192 g/mol. The number of nitrogens with zero attached hydrogens (tertiary/aromatic N) is 3. The minimum absolute atomic E-state index is 0.624. The van der Waals surface area contributed by atoms with Gasteiger partial charge in [0.25, 0.3) is 0 Å². The van der Waals surface area contributed by atoms with Crippen LogP contribution in [0.4, 0.5) is 0 Å². The normalized spacial score (nSPS) is 10.1. The van der Waals surface area contributed by atoms with Crippen LogP contribution in [0.15, 0.2) is 6.20 Å². The molecule has 0 amide bonds. The van der Waals surface area contributed by atoms with E-state index in [0.29, 0.717) is 6.42 Å². The first kappa shape index (κ1) is 10.7. The lowest BCUT2D eigenvalue weighted by Crippen LogP contribution is -2.14. The summed E-state index contributed by atoms with van der Waals surface area (Å²) in [6.45, 7) is 3.78. The molecule has 0 bridgehead atoms. The van der Waals surface area contributed by atoms with Crippen molar-refractivity contribution in [1.82, 2.24) is 15.1 Å². The highest BCUT2D eigenvalue weighted by Crippen LogP contribution is 2.04. The fourth-order valence-corrected chi connectivity index (χ4v) is 1.23. The highest BCUT2D eigenvalue weighted by atomic mass is 15.3. The first-order chi connectivity index (χ1) is 6.75. The largest absolute Gasteiger partial charge is 0.313 e. The van der Waals surface area contributed by atoms with E-state index in [0.717, 1.165) is 19.5 Å². The van der Waals surface area contributed by atoms with Crippen molar-refractivity contribution >= 4 is 0 Å². The van der Waals surface area contributed by atoms with E-state index < -0.39 is 0 Å². The van der Waals surface area contributed by atoms with Gasteiger partial charge < -0.3 is 5.32 Å². The molecule has 1 N–H and O–H groups in total. The summed E-state index contributed by atoms with van der Waals surface area (Å²) in [4.78, 5) is 0. The van der Waals surface area contributed by atoms with Gasteiger partial charge in [-0.1, -0.05) is 0 Å². The van der Waals surface area contributed by atoms with Crippen molar-refractivity contribution in [3.8, 4) is 6.07 Å². The number of aryl methyl sites for hydroxylation is 1. The molecule has 0 saturated carbocycles. The zero-order chi connectivity index (χ0) is 10.4. The summed E-state index contributed by atoms with van der Waals surface area (Å²) in [6.07, 6.45) is 3.42. The van der Waals surface area contributed by atoms with Crippen LogP contribution in [-0.4, -0.2) is 16.3 Å². The molecule has 0 atom stereocenters. The molecule has 14 heavy (non-hydrogen) atoms. The zero-order valence-electron chi connectivity index (χ0n) is 8.75. The second-order valence-electron chi connectivity index (χ2n) is 3.32. The van der Waals surface area contributed by atoms with Gasteiger partial charge in [-0.3, -0.25) is 4.68 Å². The molecule has 1 rings (SSSR count). The summed E-state index contributed by atoms with van der Waals surface area (Å²) >= 11 is 0. The molecule has 0 radical (unpaired) electrons. The number of nitrogens with one attached hydrogen (secondary N) is 1. The van der Waals surface area contributed by atoms with Crippen LogP contribution in [0.1, 0.15) is 24.1 Å². The van der Waals surface area contributed by atoms with E-state index in [2.05, 4.69) is 23.4 Å². The van der Waals surface area contributed by atoms with Gasteiger partial charge in [-0.15, -0.1) is 0 Å². The Morgan fingerprint density at radius 3 is 3.00 bits per heavy atom. The van der Waals surface area contributed by atoms with Gasteiger partial charge >= 0.3 is 0 Å². The number of hydrogen-bond donors (Lipinski definition) is 1. The molecule has 1 aromatic rings. The van der Waals surface area contributed by atoms with E-state index in [1.54, 1.807) is 0 Å². The summed E-state index contributed by atoms with van der Waals surface area (Å²) in [5.41, 5.74) is 2.42. The van der Waals surface area contributed by atoms with Crippen molar-refractivity contribution in [2.75, 3.05) is 6.54 Å². The predicted octanol–water partition coefficient (Wildman–Crippen LogP) is 1.12. The fourth-order valence-electron chi connectivity index (χ4n) is 1.23. The molecule has 0 aliphatic rings. The average molecular weight is 192 g/mol. The molecule has 0 aliphatic carbocycles. The molecule has 4 heteroatoms. The second-order valence-corrected chi connectivity index (χ2v) is 3.32. The number of nitriles is 1. The quantitative estimate of drug-likeness (QED) is 0.711. The van der Waals surface area contributed by atoms with Crippen LogP contribution in [0.2, 0.25) is 0 Å². The summed E-state index contributed by atoms with van der Waals surface area (Å²) in [5, 5.41) is 15.8. The molecule has 0 aliphatic heterocycles. The van der Waals surface area contributed by atoms with E-state index in [1.807, 2.05) is 17.9 Å². The molecule has 76 valence electrons. The maximum Gasteiger partial charge on any atom is 0.0622 e. The topological polar surface area (TPSA) is 53.6 Å². The summed E-state index contributed by atoms with van der Waals surface area (Å²) in [6, 6.07) is 2.13. The third-order valence-electron chi connectivity index (χ3n) is 2.29. The van der Waals surface area contributed by atoms with Gasteiger partial charge in [0.15, 0.2) is 0 Å². The van der Waals surface area contributed by atoms with Gasteiger partial charge in [0.05, 0.1) is 12.3 Å². The molecule has 1 aromatic heterocycles. The van der Waals surface area contributed by atoms with E-state index in [-0.39, 0.29) is 0 Å². The van der Waals surface area contributed by atoms with Crippen molar-refractivity contribution in [3.63, 3.8) is 0 Å². The molecule has 0 fully saturated rings. The Labute approximate surface area is 84.5 Å². The number of unbranched alkanes of at least 4 members (excludes halogenated alkanes) is 1. The fraction of sp³-hybridized carbons (Fsp3) is 0.600. The lowest BCUT2D eigenvalue weighted by atomic mass is 10.2. The van der Waals surface area contributed by atoms with Crippen molar-refractivity contribution in [2.45, 2.75) is 26.3 Å². The van der Waals surface area contributed by atoms with Gasteiger partial charge in [-0.05, 0) is 19.9 Å². The lowest BCUT2D eigenvalue weighted by molar-refractivity contribution is 0.653. The Morgan fingerprint density at radius 2 is 2.43 bits per heavy atom. The Hall–Kier alpha value is -1.34. The van der Waals surface area contributed by atoms with Crippen LogP contribution >= 0.6 is 0 Å². The van der Waals surface area contributed by atoms with E-state index >= 15 is 0 Å². The second kappa shape index (κ2) is 5.40. The predicted molar refractivity (Wildman–Crippen MR) is 54.5 cm³/mol. The Bertz CT molecular complexity index is 321. The smallest absolute Gasteiger partial charge is 0.0622 e. The summed E-state index contributed by atoms with van der Waals surface area (Å²) in [7, 11) is 1.94. The van der Waals surface area contributed by atoms with Crippen molar-refractivity contribution in [3.05, 3.63) is 17.5 Å². The van der Waals surface area contributed by atoms with Crippen LogP contribution < -0.4 is 5.32 Å². The van der Waals surface area contributed by atoms with E-state index in [9.17, 15) is 0 Å². The minimum Gasteiger partial charge on any atom is -0.313 e. The summed E-state index contributed by atoms with van der Waals surface area (Å²) in [5.74, 6) is 0. The molecular formula is C10H16N4. The van der Waals surface area contributed by atoms with Gasteiger partial charge in [0.2, 0.25) is 0 Å². The molecular weight excluding hydrogens is 176 g/mol. The first-order valence-corrected chi connectivity index (χ1v) is 4.81. The van der Waals surface area contributed by atoms with Gasteiger partial charge in [0.1, 0.15) is 0 Å². The molecule has 4 nitrogen and oxygen atoms in total. The van der Waals surface area contributed by atoms with E-state index in [1.165, 1.54) is 11.3 Å². The maximum absolute atomic E-state index is 8.34. The first-order valence-electron chi connectivity index (χ1n) is 4.81. The highest BCUT2D eigenvalue weighted by Gasteiger charge is 2.01. The standard InChI is InChI=1S/C10H16N4/c1-9-10(8-13-14(9)2)7-12-6-4-3-5-11/h8,12H,3-4,6-7H2,1-2H3. The minimum atomic E-state index is 0.624.